The minimum Gasteiger partial charge on any atom is -0.454 e. The topological polar surface area (TPSA) is 69.2 Å². The third kappa shape index (κ3) is 3.34. The molecule has 0 atom stereocenters. The van der Waals surface area contributed by atoms with Gasteiger partial charge in [-0.2, -0.15) is 0 Å². The molecule has 0 saturated carbocycles. The zero-order valence-electron chi connectivity index (χ0n) is 14.7. The Hall–Kier alpha value is -2.90. The number of hydrogen-bond acceptors (Lipinski definition) is 7. The molecule has 0 radical (unpaired) electrons. The molecule has 5 rings (SSSR count). The summed E-state index contributed by atoms with van der Waals surface area (Å²) in [6, 6.07) is 11.7. The van der Waals surface area contributed by atoms with Crippen molar-refractivity contribution in [2.45, 2.75) is 6.42 Å². The Kier molecular flexibility index (Phi) is 4.46. The third-order valence-corrected chi connectivity index (χ3v) is 5.60. The van der Waals surface area contributed by atoms with Gasteiger partial charge in [-0.1, -0.05) is 17.7 Å². The molecule has 0 spiro atoms. The van der Waals surface area contributed by atoms with Gasteiger partial charge in [-0.05, 0) is 42.3 Å². The van der Waals surface area contributed by atoms with Gasteiger partial charge >= 0.3 is 0 Å². The number of rotatable bonds is 5. The Morgan fingerprint density at radius 3 is 2.79 bits per heavy atom. The number of nitrogens with one attached hydrogen (secondary N) is 1. The van der Waals surface area contributed by atoms with Gasteiger partial charge in [0.15, 0.2) is 17.3 Å². The minimum absolute atomic E-state index is 0.284. The van der Waals surface area contributed by atoms with E-state index in [4.69, 9.17) is 26.1 Å². The van der Waals surface area contributed by atoms with Crippen molar-refractivity contribution in [1.29, 1.82) is 0 Å². The molecule has 1 N–H and O–H groups in total. The van der Waals surface area contributed by atoms with Crippen LogP contribution in [0.3, 0.4) is 0 Å². The molecular weight excluding hydrogens is 396 g/mol. The zero-order valence-corrected chi connectivity index (χ0v) is 16.3. The quantitative estimate of drug-likeness (QED) is 0.510. The third-order valence-electron chi connectivity index (χ3n) is 4.44. The van der Waals surface area contributed by atoms with Crippen molar-refractivity contribution < 1.29 is 9.47 Å². The first kappa shape index (κ1) is 17.2. The van der Waals surface area contributed by atoms with Crippen LogP contribution in [0.25, 0.3) is 21.6 Å². The molecule has 1 aliphatic rings. The summed E-state index contributed by atoms with van der Waals surface area (Å²) in [5.41, 5.74) is 2.08. The SMILES string of the molecule is Clc1cc2c(NCCc3ccc4c(c3)OCO4)nc(-c3ccncc3)nc2s1. The molecule has 8 heteroatoms. The van der Waals surface area contributed by atoms with E-state index in [9.17, 15) is 0 Å². The summed E-state index contributed by atoms with van der Waals surface area (Å²) in [5, 5.41) is 4.37. The number of benzene rings is 1. The fraction of sp³-hybridized carbons (Fsp3) is 0.150. The van der Waals surface area contributed by atoms with Crippen molar-refractivity contribution in [2.75, 3.05) is 18.7 Å². The molecule has 0 bridgehead atoms. The van der Waals surface area contributed by atoms with Crippen molar-refractivity contribution in [1.82, 2.24) is 15.0 Å². The summed E-state index contributed by atoms with van der Waals surface area (Å²) < 4.78 is 11.5. The lowest BCUT2D eigenvalue weighted by molar-refractivity contribution is 0.174. The first-order valence-electron chi connectivity index (χ1n) is 8.76. The minimum atomic E-state index is 0.284. The van der Waals surface area contributed by atoms with Crippen LogP contribution < -0.4 is 14.8 Å². The van der Waals surface area contributed by atoms with E-state index >= 15 is 0 Å². The second-order valence-electron chi connectivity index (χ2n) is 6.27. The van der Waals surface area contributed by atoms with Crippen LogP contribution in [0.15, 0.2) is 48.8 Å². The summed E-state index contributed by atoms with van der Waals surface area (Å²) in [6.45, 7) is 1.00. The van der Waals surface area contributed by atoms with E-state index in [0.717, 1.165) is 46.1 Å². The number of anilines is 1. The summed E-state index contributed by atoms with van der Waals surface area (Å²) in [4.78, 5) is 14.3. The molecule has 28 heavy (non-hydrogen) atoms. The number of ether oxygens (including phenoxy) is 2. The van der Waals surface area contributed by atoms with Crippen molar-refractivity contribution in [2.24, 2.45) is 0 Å². The highest BCUT2D eigenvalue weighted by Gasteiger charge is 2.14. The number of hydrogen-bond donors (Lipinski definition) is 1. The summed E-state index contributed by atoms with van der Waals surface area (Å²) in [6.07, 6.45) is 4.29. The maximum Gasteiger partial charge on any atom is 0.231 e. The first-order valence-corrected chi connectivity index (χ1v) is 9.95. The van der Waals surface area contributed by atoms with Crippen LogP contribution in [0.4, 0.5) is 5.82 Å². The van der Waals surface area contributed by atoms with Crippen LogP contribution >= 0.6 is 22.9 Å². The van der Waals surface area contributed by atoms with Gasteiger partial charge in [0.05, 0.1) is 9.72 Å². The van der Waals surface area contributed by atoms with Gasteiger partial charge in [-0.25, -0.2) is 9.97 Å². The second-order valence-corrected chi connectivity index (χ2v) is 7.93. The Morgan fingerprint density at radius 2 is 1.89 bits per heavy atom. The molecule has 0 saturated heterocycles. The number of halogens is 1. The van der Waals surface area contributed by atoms with Gasteiger partial charge in [0.2, 0.25) is 6.79 Å². The zero-order chi connectivity index (χ0) is 18.9. The molecule has 3 aromatic heterocycles. The van der Waals surface area contributed by atoms with E-state index in [2.05, 4.69) is 21.4 Å². The van der Waals surface area contributed by atoms with Crippen LogP contribution in [0, 0.1) is 0 Å². The van der Waals surface area contributed by atoms with Crippen LogP contribution in [0.1, 0.15) is 5.56 Å². The van der Waals surface area contributed by atoms with Crippen LogP contribution in [0.5, 0.6) is 11.5 Å². The lowest BCUT2D eigenvalue weighted by Crippen LogP contribution is -2.07. The number of nitrogens with zero attached hydrogens (tertiary/aromatic N) is 3. The average Bonchev–Trinajstić information content (AvgIpc) is 3.33. The summed E-state index contributed by atoms with van der Waals surface area (Å²) in [7, 11) is 0. The van der Waals surface area contributed by atoms with Gasteiger partial charge in [-0.3, -0.25) is 4.98 Å². The van der Waals surface area contributed by atoms with E-state index in [1.165, 1.54) is 16.9 Å². The smallest absolute Gasteiger partial charge is 0.231 e. The van der Waals surface area contributed by atoms with Gasteiger partial charge in [0.1, 0.15) is 10.6 Å². The molecule has 4 aromatic rings. The van der Waals surface area contributed by atoms with E-state index in [0.29, 0.717) is 10.2 Å². The standard InChI is InChI=1S/C20H15ClN4O2S/c21-17-10-14-19(23-8-3-12-1-2-15-16(9-12)27-11-26-15)24-18(25-20(14)28-17)13-4-6-22-7-5-13/h1-2,4-7,9-10H,3,8,11H2,(H,23,24,25). The average molecular weight is 411 g/mol. The number of aromatic nitrogens is 3. The van der Waals surface area contributed by atoms with Gasteiger partial charge in [-0.15, -0.1) is 11.3 Å². The highest BCUT2D eigenvalue weighted by Crippen LogP contribution is 2.34. The molecule has 1 aromatic carbocycles. The predicted octanol–water partition coefficient (Wildman–Crippen LogP) is 4.79. The highest BCUT2D eigenvalue weighted by atomic mass is 35.5. The fourth-order valence-electron chi connectivity index (χ4n) is 3.08. The van der Waals surface area contributed by atoms with E-state index in [1.807, 2.05) is 30.3 Å². The van der Waals surface area contributed by atoms with Gasteiger partial charge < -0.3 is 14.8 Å². The van der Waals surface area contributed by atoms with Gasteiger partial charge in [0, 0.05) is 24.5 Å². The normalized spacial score (nSPS) is 12.5. The number of fused-ring (bicyclic) bond motifs is 2. The summed E-state index contributed by atoms with van der Waals surface area (Å²) >= 11 is 7.67. The van der Waals surface area contributed by atoms with E-state index in [1.54, 1.807) is 12.4 Å². The Bertz CT molecular complexity index is 1150. The van der Waals surface area contributed by atoms with Crippen molar-refractivity contribution in [3.63, 3.8) is 0 Å². The van der Waals surface area contributed by atoms with Gasteiger partial charge in [0.25, 0.3) is 0 Å². The number of thiophene rings is 1. The lowest BCUT2D eigenvalue weighted by Gasteiger charge is -2.09. The van der Waals surface area contributed by atoms with E-state index < -0.39 is 0 Å². The molecule has 6 nitrogen and oxygen atoms in total. The van der Waals surface area contributed by atoms with Crippen LogP contribution in [-0.4, -0.2) is 28.3 Å². The molecule has 0 unspecified atom stereocenters. The van der Waals surface area contributed by atoms with Crippen molar-refractivity contribution in [3.05, 3.63) is 58.7 Å². The molecule has 0 amide bonds. The highest BCUT2D eigenvalue weighted by molar-refractivity contribution is 7.22. The maximum atomic E-state index is 6.22. The Labute approximate surface area is 170 Å². The largest absolute Gasteiger partial charge is 0.454 e. The molecule has 140 valence electrons. The van der Waals surface area contributed by atoms with Crippen molar-refractivity contribution in [3.8, 4) is 22.9 Å². The number of pyridine rings is 1. The predicted molar refractivity (Wildman–Crippen MR) is 110 cm³/mol. The Balaban J connectivity index is 1.40. The lowest BCUT2D eigenvalue weighted by atomic mass is 10.1. The first-order chi connectivity index (χ1) is 13.8. The molecule has 0 aliphatic carbocycles. The molecule has 1 aliphatic heterocycles. The fourth-order valence-corrected chi connectivity index (χ4v) is 4.17. The summed E-state index contributed by atoms with van der Waals surface area (Å²) in [5.74, 6) is 3.02. The molecule has 4 heterocycles. The van der Waals surface area contributed by atoms with Crippen molar-refractivity contribution >= 4 is 39.0 Å². The Morgan fingerprint density at radius 1 is 1.04 bits per heavy atom. The van der Waals surface area contributed by atoms with E-state index in [-0.39, 0.29) is 6.79 Å². The maximum absolute atomic E-state index is 6.22. The monoisotopic (exact) mass is 410 g/mol. The second kappa shape index (κ2) is 7.26. The van der Waals surface area contributed by atoms with Crippen LogP contribution in [0.2, 0.25) is 4.34 Å². The molecular formula is C20H15ClN4O2S. The molecule has 0 fully saturated rings. The van der Waals surface area contributed by atoms with Crippen LogP contribution in [-0.2, 0) is 6.42 Å².